The highest BCUT2D eigenvalue weighted by atomic mass is 32.2. The van der Waals surface area contributed by atoms with Gasteiger partial charge in [-0.1, -0.05) is 0 Å². The summed E-state index contributed by atoms with van der Waals surface area (Å²) in [6, 6.07) is -1.64. The first-order chi connectivity index (χ1) is 9.51. The van der Waals surface area contributed by atoms with Crippen molar-refractivity contribution in [2.45, 2.75) is 12.5 Å². The number of aliphatic carboxylic acids is 1. The van der Waals surface area contributed by atoms with E-state index < -0.39 is 18.0 Å². The van der Waals surface area contributed by atoms with Gasteiger partial charge in [-0.3, -0.25) is 4.79 Å². The summed E-state index contributed by atoms with van der Waals surface area (Å²) in [4.78, 5) is 33.7. The largest absolute Gasteiger partial charge is 0.480 e. The lowest BCUT2D eigenvalue weighted by Gasteiger charge is -2.14. The maximum atomic E-state index is 11.5. The average molecular weight is 307 g/mol. The summed E-state index contributed by atoms with van der Waals surface area (Å²) in [5.74, 6) is -0.846. The van der Waals surface area contributed by atoms with Gasteiger partial charge in [0.25, 0.3) is 0 Å². The lowest BCUT2D eigenvalue weighted by molar-refractivity contribution is -0.139. The molecule has 0 aromatic carbocycles. The maximum absolute atomic E-state index is 11.5. The predicted octanol–water partition coefficient (Wildman–Crippen LogP) is -0.745. The molecule has 116 valence electrons. The minimum Gasteiger partial charge on any atom is -0.480 e. The Bertz CT molecular complexity index is 327. The summed E-state index contributed by atoms with van der Waals surface area (Å²) in [5.41, 5.74) is 0. The van der Waals surface area contributed by atoms with Gasteiger partial charge in [-0.15, -0.1) is 0 Å². The van der Waals surface area contributed by atoms with Gasteiger partial charge in [0.2, 0.25) is 5.91 Å². The van der Waals surface area contributed by atoms with Crippen molar-refractivity contribution < 1.29 is 24.2 Å². The molecule has 0 aromatic rings. The van der Waals surface area contributed by atoms with Crippen molar-refractivity contribution in [1.82, 2.24) is 16.0 Å². The van der Waals surface area contributed by atoms with Gasteiger partial charge in [-0.05, 0) is 18.4 Å². The molecule has 0 unspecified atom stereocenters. The first-order valence-corrected chi connectivity index (χ1v) is 7.42. The Morgan fingerprint density at radius 2 is 2.00 bits per heavy atom. The normalized spacial score (nSPS) is 11.5. The van der Waals surface area contributed by atoms with Crippen molar-refractivity contribution >= 4 is 29.7 Å². The third kappa shape index (κ3) is 9.45. The molecule has 0 aromatic heterocycles. The second kappa shape index (κ2) is 11.4. The number of urea groups is 1. The second-order valence-electron chi connectivity index (χ2n) is 3.84. The predicted molar refractivity (Wildman–Crippen MR) is 75.8 cm³/mol. The highest BCUT2D eigenvalue weighted by molar-refractivity contribution is 7.98. The highest BCUT2D eigenvalue weighted by Crippen LogP contribution is 2.00. The van der Waals surface area contributed by atoms with Gasteiger partial charge < -0.3 is 25.8 Å². The van der Waals surface area contributed by atoms with Crippen LogP contribution in [-0.4, -0.2) is 67.9 Å². The van der Waals surface area contributed by atoms with Crippen LogP contribution in [0.2, 0.25) is 0 Å². The van der Waals surface area contributed by atoms with Crippen LogP contribution in [-0.2, 0) is 14.3 Å². The van der Waals surface area contributed by atoms with E-state index in [0.717, 1.165) is 0 Å². The Morgan fingerprint density at radius 1 is 1.30 bits per heavy atom. The summed E-state index contributed by atoms with van der Waals surface area (Å²) in [6.07, 6.45) is 2.17. The third-order valence-corrected chi connectivity index (χ3v) is 2.90. The maximum Gasteiger partial charge on any atom is 0.326 e. The van der Waals surface area contributed by atoms with Crippen molar-refractivity contribution in [3.05, 3.63) is 0 Å². The van der Waals surface area contributed by atoms with E-state index in [9.17, 15) is 14.4 Å². The fraction of sp³-hybridized carbons (Fsp3) is 0.727. The fourth-order valence-electron chi connectivity index (χ4n) is 1.22. The Hall–Kier alpha value is -1.48. The lowest BCUT2D eigenvalue weighted by Crippen LogP contribution is -2.48. The van der Waals surface area contributed by atoms with Gasteiger partial charge in [-0.25, -0.2) is 9.59 Å². The highest BCUT2D eigenvalue weighted by Gasteiger charge is 2.19. The fourth-order valence-corrected chi connectivity index (χ4v) is 1.69. The molecule has 1 atom stereocenters. The van der Waals surface area contributed by atoms with Crippen molar-refractivity contribution in [2.75, 3.05) is 38.8 Å². The molecule has 0 heterocycles. The van der Waals surface area contributed by atoms with E-state index in [-0.39, 0.29) is 12.5 Å². The van der Waals surface area contributed by atoms with Gasteiger partial charge in [-0.2, -0.15) is 11.8 Å². The van der Waals surface area contributed by atoms with E-state index >= 15 is 0 Å². The number of hydrogen-bond donors (Lipinski definition) is 4. The number of methoxy groups -OCH3 is 1. The number of thioether (sulfide) groups is 1. The molecule has 3 amide bonds. The van der Waals surface area contributed by atoms with Crippen LogP contribution in [0.3, 0.4) is 0 Å². The smallest absolute Gasteiger partial charge is 0.326 e. The first kappa shape index (κ1) is 18.5. The summed E-state index contributed by atoms with van der Waals surface area (Å²) in [5, 5.41) is 16.1. The molecule has 0 fully saturated rings. The molecular formula is C11H21N3O5S. The van der Waals surface area contributed by atoms with Gasteiger partial charge in [0.05, 0.1) is 13.2 Å². The topological polar surface area (TPSA) is 117 Å². The van der Waals surface area contributed by atoms with E-state index in [1.807, 2.05) is 6.26 Å². The van der Waals surface area contributed by atoms with Crippen molar-refractivity contribution in [3.8, 4) is 0 Å². The molecule has 0 rings (SSSR count). The summed E-state index contributed by atoms with van der Waals surface area (Å²) in [6.45, 7) is 0.516. The van der Waals surface area contributed by atoms with E-state index in [2.05, 4.69) is 16.0 Å². The molecule has 0 saturated carbocycles. The quantitative estimate of drug-likeness (QED) is 0.395. The van der Waals surface area contributed by atoms with Crippen LogP contribution in [0.1, 0.15) is 6.42 Å². The van der Waals surface area contributed by atoms with Crippen LogP contribution in [0.25, 0.3) is 0 Å². The van der Waals surface area contributed by atoms with Crippen LogP contribution in [0.5, 0.6) is 0 Å². The van der Waals surface area contributed by atoms with Gasteiger partial charge in [0, 0.05) is 13.7 Å². The SMILES string of the molecule is COCCNC(=O)CNC(=O)N[C@H](CCSC)C(=O)O. The van der Waals surface area contributed by atoms with Crippen LogP contribution < -0.4 is 16.0 Å². The van der Waals surface area contributed by atoms with Crippen LogP contribution >= 0.6 is 11.8 Å². The van der Waals surface area contributed by atoms with Crippen LogP contribution in [0.4, 0.5) is 4.79 Å². The molecule has 9 heteroatoms. The minimum atomic E-state index is -1.10. The van der Waals surface area contributed by atoms with Gasteiger partial charge in [0.15, 0.2) is 0 Å². The summed E-state index contributed by atoms with van der Waals surface area (Å²) >= 11 is 1.49. The number of hydrogen-bond acceptors (Lipinski definition) is 5. The first-order valence-electron chi connectivity index (χ1n) is 6.03. The number of rotatable bonds is 10. The third-order valence-electron chi connectivity index (χ3n) is 2.25. The zero-order valence-electron chi connectivity index (χ0n) is 11.6. The minimum absolute atomic E-state index is 0.218. The molecule has 4 N–H and O–H groups in total. The number of carbonyl (C=O) groups is 3. The molecule has 8 nitrogen and oxygen atoms in total. The number of carbonyl (C=O) groups excluding carboxylic acids is 2. The lowest BCUT2D eigenvalue weighted by atomic mass is 10.2. The molecule has 0 aliphatic carbocycles. The molecule has 0 spiro atoms. The van der Waals surface area contributed by atoms with Gasteiger partial charge >= 0.3 is 12.0 Å². The second-order valence-corrected chi connectivity index (χ2v) is 4.83. The van der Waals surface area contributed by atoms with Crippen molar-refractivity contribution in [1.29, 1.82) is 0 Å². The number of ether oxygens (including phenoxy) is 1. The molecule has 0 aliphatic rings. The molecule has 0 saturated heterocycles. The van der Waals surface area contributed by atoms with E-state index in [4.69, 9.17) is 9.84 Å². The molecular weight excluding hydrogens is 286 g/mol. The van der Waals surface area contributed by atoms with Crippen LogP contribution in [0.15, 0.2) is 0 Å². The van der Waals surface area contributed by atoms with Crippen LogP contribution in [0, 0.1) is 0 Å². The zero-order valence-corrected chi connectivity index (χ0v) is 12.4. The van der Waals surface area contributed by atoms with Gasteiger partial charge in [0.1, 0.15) is 6.04 Å². The average Bonchev–Trinajstić information content (AvgIpc) is 2.41. The molecule has 20 heavy (non-hydrogen) atoms. The number of carboxylic acid groups (broad SMARTS) is 1. The molecule has 0 radical (unpaired) electrons. The zero-order chi connectivity index (χ0) is 15.4. The summed E-state index contributed by atoms with van der Waals surface area (Å²) in [7, 11) is 1.51. The molecule has 0 aliphatic heterocycles. The van der Waals surface area contributed by atoms with E-state index in [1.165, 1.54) is 18.9 Å². The van der Waals surface area contributed by atoms with Crippen molar-refractivity contribution in [3.63, 3.8) is 0 Å². The van der Waals surface area contributed by atoms with E-state index in [1.54, 1.807) is 0 Å². The Balaban J connectivity index is 3.95. The number of carboxylic acids is 1. The van der Waals surface area contributed by atoms with E-state index in [0.29, 0.717) is 25.3 Å². The Labute approximate surface area is 122 Å². The standard InChI is InChI=1S/C11H21N3O5S/c1-19-5-4-12-9(15)7-13-11(18)14-8(10(16)17)3-6-20-2/h8H,3-7H2,1-2H3,(H,12,15)(H,16,17)(H2,13,14,18)/t8-/m1/s1. The Morgan fingerprint density at radius 3 is 2.55 bits per heavy atom. The number of amides is 3. The molecule has 0 bridgehead atoms. The Kier molecular flexibility index (Phi) is 10.5. The monoisotopic (exact) mass is 307 g/mol. The summed E-state index contributed by atoms with van der Waals surface area (Å²) < 4.78 is 4.75. The number of nitrogens with one attached hydrogen (secondary N) is 3. The van der Waals surface area contributed by atoms with Crippen molar-refractivity contribution in [2.24, 2.45) is 0 Å².